The lowest BCUT2D eigenvalue weighted by Crippen LogP contribution is -2.23. The van der Waals surface area contributed by atoms with E-state index in [-0.39, 0.29) is 11.5 Å². The smallest absolute Gasteiger partial charge is 0.433 e. The summed E-state index contributed by atoms with van der Waals surface area (Å²) in [5.41, 5.74) is 2.96. The number of nitro groups is 1. The number of aryl methyl sites for hydroxylation is 2. The Morgan fingerprint density at radius 3 is 2.73 bits per heavy atom. The molecule has 0 N–H and O–H groups in total. The van der Waals surface area contributed by atoms with Gasteiger partial charge in [0.15, 0.2) is 6.10 Å². The molecular weight excluding hydrogens is 338 g/mol. The van der Waals surface area contributed by atoms with Gasteiger partial charge in [0.1, 0.15) is 10.7 Å². The molecule has 2 aromatic rings. The van der Waals surface area contributed by atoms with Crippen molar-refractivity contribution in [3.8, 4) is 0 Å². The van der Waals surface area contributed by atoms with Crippen LogP contribution in [0.3, 0.4) is 0 Å². The first-order valence-corrected chi connectivity index (χ1v) is 8.23. The summed E-state index contributed by atoms with van der Waals surface area (Å²) in [6, 6.07) is 8.13. The van der Waals surface area contributed by atoms with Crippen LogP contribution in [0.4, 0.5) is 5.88 Å². The molecule has 7 heteroatoms. The summed E-state index contributed by atoms with van der Waals surface area (Å²) in [7, 11) is 0. The van der Waals surface area contributed by atoms with Crippen LogP contribution in [-0.2, 0) is 22.4 Å². The van der Waals surface area contributed by atoms with Crippen molar-refractivity contribution in [3.05, 3.63) is 69.0 Å². The minimum atomic E-state index is -0.933. The van der Waals surface area contributed by atoms with E-state index in [0.717, 1.165) is 25.3 Å². The summed E-state index contributed by atoms with van der Waals surface area (Å²) in [4.78, 5) is 34.2. The second-order valence-electron chi connectivity index (χ2n) is 6.05. The van der Waals surface area contributed by atoms with Crippen molar-refractivity contribution in [1.82, 2.24) is 0 Å². The van der Waals surface area contributed by atoms with E-state index in [1.807, 2.05) is 12.1 Å². The minimum Gasteiger partial charge on any atom is -0.451 e. The van der Waals surface area contributed by atoms with E-state index in [2.05, 4.69) is 0 Å². The molecule has 0 aliphatic heterocycles. The molecule has 3 rings (SSSR count). The molecule has 0 saturated carbocycles. The number of ether oxygens (including phenoxy) is 1. The van der Waals surface area contributed by atoms with Gasteiger partial charge < -0.3 is 9.15 Å². The van der Waals surface area contributed by atoms with E-state index >= 15 is 0 Å². The normalized spacial score (nSPS) is 14.2. The zero-order valence-corrected chi connectivity index (χ0v) is 14.1. The fourth-order valence-electron chi connectivity index (χ4n) is 2.91. The molecule has 1 aliphatic rings. The van der Waals surface area contributed by atoms with Crippen LogP contribution in [0.1, 0.15) is 40.6 Å². The molecule has 0 spiro atoms. The summed E-state index contributed by atoms with van der Waals surface area (Å²) < 4.78 is 10.0. The molecule has 1 atom stereocenters. The third-order valence-corrected chi connectivity index (χ3v) is 4.22. The molecular formula is C19H17NO6. The fraction of sp³-hybridized carbons (Fsp3) is 0.263. The molecule has 1 heterocycles. The highest BCUT2D eigenvalue weighted by Gasteiger charge is 2.21. The first kappa shape index (κ1) is 17.6. The Balaban J connectivity index is 1.60. The average molecular weight is 355 g/mol. The number of fused-ring (bicyclic) bond motifs is 1. The van der Waals surface area contributed by atoms with E-state index in [1.54, 1.807) is 6.07 Å². The maximum absolute atomic E-state index is 12.4. The van der Waals surface area contributed by atoms with E-state index in [9.17, 15) is 19.7 Å². The highest BCUT2D eigenvalue weighted by Crippen LogP contribution is 2.23. The summed E-state index contributed by atoms with van der Waals surface area (Å²) in [5, 5.41) is 10.5. The van der Waals surface area contributed by atoms with E-state index in [1.165, 1.54) is 36.3 Å². The standard InChI is InChI=1S/C19H17NO6/c1-12(19(22)15-6-5-13-3-2-4-14(13)11-15)25-18(21)10-8-16-7-9-17(26-16)20(23)24/h5-12H,2-4H2,1H3/b10-8+/t12-/m0/s1. The molecule has 7 nitrogen and oxygen atoms in total. The van der Waals surface area contributed by atoms with Crippen LogP contribution in [0, 0.1) is 10.1 Å². The van der Waals surface area contributed by atoms with E-state index in [4.69, 9.17) is 9.15 Å². The van der Waals surface area contributed by atoms with Crippen LogP contribution >= 0.6 is 0 Å². The molecule has 26 heavy (non-hydrogen) atoms. The van der Waals surface area contributed by atoms with Crippen molar-refractivity contribution in [2.24, 2.45) is 0 Å². The largest absolute Gasteiger partial charge is 0.451 e. The van der Waals surface area contributed by atoms with Crippen LogP contribution < -0.4 is 0 Å². The van der Waals surface area contributed by atoms with Crippen LogP contribution in [0.25, 0.3) is 6.08 Å². The van der Waals surface area contributed by atoms with Crippen LogP contribution in [0.15, 0.2) is 40.8 Å². The van der Waals surface area contributed by atoms with Crippen LogP contribution in [-0.4, -0.2) is 22.8 Å². The molecule has 0 amide bonds. The number of rotatable bonds is 6. The van der Waals surface area contributed by atoms with Gasteiger partial charge in [-0.15, -0.1) is 0 Å². The van der Waals surface area contributed by atoms with Gasteiger partial charge in [-0.1, -0.05) is 12.1 Å². The van der Waals surface area contributed by atoms with Crippen molar-refractivity contribution in [3.63, 3.8) is 0 Å². The third-order valence-electron chi connectivity index (χ3n) is 4.22. The van der Waals surface area contributed by atoms with Crippen molar-refractivity contribution in [1.29, 1.82) is 0 Å². The fourth-order valence-corrected chi connectivity index (χ4v) is 2.91. The predicted octanol–water partition coefficient (Wildman–Crippen LogP) is 3.50. The SMILES string of the molecule is C[C@H](OC(=O)/C=C/c1ccc([N+](=O)[O-])o1)C(=O)c1ccc2c(c1)CCC2. The number of hydrogen-bond donors (Lipinski definition) is 0. The van der Waals surface area contributed by atoms with Gasteiger partial charge >= 0.3 is 11.9 Å². The summed E-state index contributed by atoms with van der Waals surface area (Å²) in [6.07, 6.45) is 4.47. The number of carbonyl (C=O) groups excluding carboxylic acids is 2. The van der Waals surface area contributed by atoms with Crippen molar-refractivity contribution < 1.29 is 23.7 Å². The monoisotopic (exact) mass is 355 g/mol. The predicted molar refractivity (Wildman–Crippen MR) is 92.7 cm³/mol. The third kappa shape index (κ3) is 3.88. The lowest BCUT2D eigenvalue weighted by molar-refractivity contribution is -0.402. The van der Waals surface area contributed by atoms with Crippen LogP contribution in [0.5, 0.6) is 0 Å². The van der Waals surface area contributed by atoms with Crippen molar-refractivity contribution >= 4 is 23.7 Å². The van der Waals surface area contributed by atoms with Gasteiger partial charge in [-0.25, -0.2) is 4.79 Å². The number of furan rings is 1. The van der Waals surface area contributed by atoms with Crippen molar-refractivity contribution in [2.45, 2.75) is 32.3 Å². The number of benzene rings is 1. The number of ketones is 1. The van der Waals surface area contributed by atoms with E-state index in [0.29, 0.717) is 5.56 Å². The lowest BCUT2D eigenvalue weighted by Gasteiger charge is -2.11. The van der Waals surface area contributed by atoms with Crippen LogP contribution in [0.2, 0.25) is 0 Å². The second kappa shape index (κ2) is 7.35. The maximum Gasteiger partial charge on any atom is 0.433 e. The van der Waals surface area contributed by atoms with Gasteiger partial charge in [-0.05, 0) is 55.5 Å². The van der Waals surface area contributed by atoms with Crippen molar-refractivity contribution in [2.75, 3.05) is 0 Å². The van der Waals surface area contributed by atoms with Gasteiger partial charge in [0.05, 0.1) is 6.07 Å². The zero-order chi connectivity index (χ0) is 18.7. The van der Waals surface area contributed by atoms with Gasteiger partial charge in [-0.2, -0.15) is 0 Å². The Bertz CT molecular complexity index is 895. The zero-order valence-electron chi connectivity index (χ0n) is 14.1. The molecule has 0 fully saturated rings. The Hall–Kier alpha value is -3.22. The number of esters is 1. The van der Waals surface area contributed by atoms with Gasteiger partial charge in [0.2, 0.25) is 5.78 Å². The Morgan fingerprint density at radius 2 is 2.00 bits per heavy atom. The first-order valence-electron chi connectivity index (χ1n) is 8.23. The molecule has 1 aromatic carbocycles. The highest BCUT2D eigenvalue weighted by molar-refractivity contribution is 6.01. The number of Topliss-reactive ketones (excluding diaryl/α,β-unsaturated/α-hetero) is 1. The Labute approximate surface area is 149 Å². The van der Waals surface area contributed by atoms with Gasteiger partial charge in [-0.3, -0.25) is 14.9 Å². The lowest BCUT2D eigenvalue weighted by atomic mass is 10.0. The quantitative estimate of drug-likeness (QED) is 0.258. The summed E-state index contributed by atoms with van der Waals surface area (Å²) in [5.74, 6) is -1.27. The Kier molecular flexibility index (Phi) is 4.97. The molecule has 0 radical (unpaired) electrons. The molecule has 0 saturated heterocycles. The molecule has 0 bridgehead atoms. The number of carbonyl (C=O) groups is 2. The molecule has 1 aliphatic carbocycles. The molecule has 0 unspecified atom stereocenters. The van der Waals surface area contributed by atoms with E-state index < -0.39 is 22.9 Å². The Morgan fingerprint density at radius 1 is 1.23 bits per heavy atom. The molecule has 1 aromatic heterocycles. The highest BCUT2D eigenvalue weighted by atomic mass is 16.6. The minimum absolute atomic E-state index is 0.145. The topological polar surface area (TPSA) is 99.7 Å². The average Bonchev–Trinajstić information content (AvgIpc) is 3.27. The number of hydrogen-bond acceptors (Lipinski definition) is 6. The maximum atomic E-state index is 12.4. The van der Waals surface area contributed by atoms with Gasteiger partial charge in [0.25, 0.3) is 0 Å². The summed E-state index contributed by atoms with van der Waals surface area (Å²) >= 11 is 0. The first-order chi connectivity index (χ1) is 12.4. The molecule has 134 valence electrons. The summed E-state index contributed by atoms with van der Waals surface area (Å²) in [6.45, 7) is 1.51. The number of nitrogens with zero attached hydrogens (tertiary/aromatic N) is 1. The second-order valence-corrected chi connectivity index (χ2v) is 6.05. The van der Waals surface area contributed by atoms with Gasteiger partial charge in [0, 0.05) is 11.6 Å².